The lowest BCUT2D eigenvalue weighted by atomic mass is 10.1. The van der Waals surface area contributed by atoms with Crippen LogP contribution in [0.5, 0.6) is 0 Å². The normalized spacial score (nSPS) is 20.4. The van der Waals surface area contributed by atoms with Gasteiger partial charge in [0.05, 0.1) is 6.10 Å². The van der Waals surface area contributed by atoms with E-state index in [1.807, 2.05) is 0 Å². The van der Waals surface area contributed by atoms with Gasteiger partial charge in [0, 0.05) is 24.5 Å². The van der Waals surface area contributed by atoms with E-state index < -0.39 is 0 Å². The summed E-state index contributed by atoms with van der Waals surface area (Å²) in [6.45, 7) is 5.64. The van der Waals surface area contributed by atoms with E-state index in [0.29, 0.717) is 0 Å². The van der Waals surface area contributed by atoms with Crippen molar-refractivity contribution in [3.05, 3.63) is 23.5 Å². The van der Waals surface area contributed by atoms with Gasteiger partial charge < -0.3 is 9.67 Å². The molecule has 0 saturated heterocycles. The van der Waals surface area contributed by atoms with Gasteiger partial charge in [0.25, 0.3) is 0 Å². The van der Waals surface area contributed by atoms with Crippen LogP contribution in [0.2, 0.25) is 0 Å². The molecule has 0 fully saturated rings. The summed E-state index contributed by atoms with van der Waals surface area (Å²) in [5, 5.41) is 10.1. The minimum Gasteiger partial charge on any atom is -0.388 e. The third-order valence-corrected chi connectivity index (χ3v) is 3.73. The summed E-state index contributed by atoms with van der Waals surface area (Å²) < 4.78 is 2.28. The van der Waals surface area contributed by atoms with E-state index in [0.717, 1.165) is 31.7 Å². The number of nitrogens with zero attached hydrogens (tertiary/aromatic N) is 1. The molecule has 1 N–H and O–H groups in total. The molecule has 2 heteroatoms. The van der Waals surface area contributed by atoms with Gasteiger partial charge in [0.2, 0.25) is 0 Å². The van der Waals surface area contributed by atoms with Gasteiger partial charge in [-0.3, -0.25) is 0 Å². The van der Waals surface area contributed by atoms with Crippen molar-refractivity contribution in [2.24, 2.45) is 5.92 Å². The zero-order valence-corrected chi connectivity index (χ0v) is 11.2. The maximum atomic E-state index is 10.1. The Hall–Kier alpha value is -0.760. The standard InChI is InChI=1S/C15H25NO/c1-12(2)6-5-9-16-10-13-7-3-4-8-15(17)14(13)11-16/h10-12,15,17H,3-9H2,1-2H3. The van der Waals surface area contributed by atoms with Gasteiger partial charge in [0.15, 0.2) is 0 Å². The van der Waals surface area contributed by atoms with E-state index in [2.05, 4.69) is 30.8 Å². The average Bonchev–Trinajstić information content (AvgIpc) is 2.60. The van der Waals surface area contributed by atoms with Crippen LogP contribution in [0.3, 0.4) is 0 Å². The zero-order valence-electron chi connectivity index (χ0n) is 11.2. The molecule has 0 bridgehead atoms. The zero-order chi connectivity index (χ0) is 12.3. The summed E-state index contributed by atoms with van der Waals surface area (Å²) in [5.74, 6) is 0.786. The molecule has 1 atom stereocenters. The molecule has 2 rings (SSSR count). The van der Waals surface area contributed by atoms with Gasteiger partial charge in [-0.15, -0.1) is 0 Å². The fourth-order valence-electron chi connectivity index (χ4n) is 2.70. The second kappa shape index (κ2) is 5.72. The van der Waals surface area contributed by atoms with Crippen LogP contribution in [-0.4, -0.2) is 9.67 Å². The van der Waals surface area contributed by atoms with Crippen LogP contribution >= 0.6 is 0 Å². The monoisotopic (exact) mass is 235 g/mol. The number of aryl methyl sites for hydroxylation is 2. The molecule has 0 aliphatic heterocycles. The van der Waals surface area contributed by atoms with Gasteiger partial charge in [-0.25, -0.2) is 0 Å². The number of hydrogen-bond donors (Lipinski definition) is 1. The summed E-state index contributed by atoms with van der Waals surface area (Å²) in [6, 6.07) is 0. The van der Waals surface area contributed by atoms with Crippen molar-refractivity contribution in [1.82, 2.24) is 4.57 Å². The van der Waals surface area contributed by atoms with E-state index >= 15 is 0 Å². The smallest absolute Gasteiger partial charge is 0.0807 e. The largest absolute Gasteiger partial charge is 0.388 e. The van der Waals surface area contributed by atoms with Crippen molar-refractivity contribution in [3.63, 3.8) is 0 Å². The van der Waals surface area contributed by atoms with E-state index in [-0.39, 0.29) is 6.10 Å². The summed E-state index contributed by atoms with van der Waals surface area (Å²) in [6.07, 6.45) is 11.2. The van der Waals surface area contributed by atoms with Crippen molar-refractivity contribution >= 4 is 0 Å². The number of aliphatic hydroxyl groups is 1. The molecule has 0 radical (unpaired) electrons. The molecule has 1 aromatic heterocycles. The lowest BCUT2D eigenvalue weighted by Gasteiger charge is -2.07. The fourth-order valence-corrected chi connectivity index (χ4v) is 2.70. The first-order valence-electron chi connectivity index (χ1n) is 7.03. The third kappa shape index (κ3) is 3.35. The summed E-state index contributed by atoms with van der Waals surface area (Å²) in [4.78, 5) is 0. The van der Waals surface area contributed by atoms with Crippen LogP contribution in [0, 0.1) is 5.92 Å². The van der Waals surface area contributed by atoms with Gasteiger partial charge in [0.1, 0.15) is 0 Å². The molecule has 2 nitrogen and oxygen atoms in total. The Balaban J connectivity index is 1.98. The maximum Gasteiger partial charge on any atom is 0.0807 e. The fraction of sp³-hybridized carbons (Fsp3) is 0.733. The molecule has 1 heterocycles. The SMILES string of the molecule is CC(C)CCCn1cc2c(c1)C(O)CCCC2. The summed E-state index contributed by atoms with van der Waals surface area (Å²) >= 11 is 0. The van der Waals surface area contributed by atoms with Crippen LogP contribution in [0.25, 0.3) is 0 Å². The van der Waals surface area contributed by atoms with E-state index in [4.69, 9.17) is 0 Å². The number of fused-ring (bicyclic) bond motifs is 1. The molecular formula is C15H25NO. The van der Waals surface area contributed by atoms with Gasteiger partial charge in [-0.2, -0.15) is 0 Å². The molecule has 0 spiro atoms. The van der Waals surface area contributed by atoms with E-state index in [9.17, 15) is 5.11 Å². The molecule has 0 saturated carbocycles. The van der Waals surface area contributed by atoms with Gasteiger partial charge >= 0.3 is 0 Å². The Morgan fingerprint density at radius 2 is 2.18 bits per heavy atom. The first-order chi connectivity index (χ1) is 8.16. The van der Waals surface area contributed by atoms with Crippen LogP contribution in [0.4, 0.5) is 0 Å². The Bertz CT molecular complexity index is 354. The van der Waals surface area contributed by atoms with Crippen LogP contribution < -0.4 is 0 Å². The lowest BCUT2D eigenvalue weighted by molar-refractivity contribution is 0.166. The van der Waals surface area contributed by atoms with Gasteiger partial charge in [-0.1, -0.05) is 20.3 Å². The van der Waals surface area contributed by atoms with E-state index in [1.54, 1.807) is 0 Å². The predicted molar refractivity (Wildman–Crippen MR) is 71.0 cm³/mol. The van der Waals surface area contributed by atoms with Crippen LogP contribution in [0.15, 0.2) is 12.4 Å². The van der Waals surface area contributed by atoms with Crippen molar-refractivity contribution < 1.29 is 5.11 Å². The van der Waals surface area contributed by atoms with Crippen molar-refractivity contribution in [2.45, 2.75) is 65.0 Å². The number of aliphatic hydroxyl groups excluding tert-OH is 1. The quantitative estimate of drug-likeness (QED) is 0.791. The second-order valence-corrected chi connectivity index (χ2v) is 5.77. The molecule has 1 unspecified atom stereocenters. The highest BCUT2D eigenvalue weighted by Gasteiger charge is 2.18. The first kappa shape index (κ1) is 12.7. The summed E-state index contributed by atoms with van der Waals surface area (Å²) in [5.41, 5.74) is 2.56. The minimum atomic E-state index is -0.223. The average molecular weight is 235 g/mol. The second-order valence-electron chi connectivity index (χ2n) is 5.77. The number of rotatable bonds is 4. The Kier molecular flexibility index (Phi) is 4.27. The molecule has 1 aromatic rings. The van der Waals surface area contributed by atoms with Crippen molar-refractivity contribution in [3.8, 4) is 0 Å². The molecule has 1 aliphatic rings. The number of aromatic nitrogens is 1. The number of hydrogen-bond acceptors (Lipinski definition) is 1. The third-order valence-electron chi connectivity index (χ3n) is 3.73. The van der Waals surface area contributed by atoms with Gasteiger partial charge in [-0.05, 0) is 43.6 Å². The first-order valence-corrected chi connectivity index (χ1v) is 7.03. The van der Waals surface area contributed by atoms with E-state index in [1.165, 1.54) is 30.4 Å². The molecule has 0 amide bonds. The lowest BCUT2D eigenvalue weighted by Crippen LogP contribution is -1.98. The predicted octanol–water partition coefficient (Wildman–Crippen LogP) is 3.68. The van der Waals surface area contributed by atoms with Crippen LogP contribution in [0.1, 0.15) is 63.2 Å². The molecule has 0 aromatic carbocycles. The topological polar surface area (TPSA) is 25.2 Å². The maximum absolute atomic E-state index is 10.1. The molecule has 96 valence electrons. The highest BCUT2D eigenvalue weighted by atomic mass is 16.3. The van der Waals surface area contributed by atoms with Crippen molar-refractivity contribution in [1.29, 1.82) is 0 Å². The highest BCUT2D eigenvalue weighted by molar-refractivity contribution is 5.27. The highest BCUT2D eigenvalue weighted by Crippen LogP contribution is 2.29. The Morgan fingerprint density at radius 1 is 1.35 bits per heavy atom. The molecular weight excluding hydrogens is 210 g/mol. The van der Waals surface area contributed by atoms with Crippen molar-refractivity contribution in [2.75, 3.05) is 0 Å². The molecule has 1 aliphatic carbocycles. The summed E-state index contributed by atoms with van der Waals surface area (Å²) in [7, 11) is 0. The Morgan fingerprint density at radius 3 is 2.94 bits per heavy atom. The Labute approximate surface area is 105 Å². The van der Waals surface area contributed by atoms with Crippen LogP contribution in [-0.2, 0) is 13.0 Å². The molecule has 17 heavy (non-hydrogen) atoms. The minimum absolute atomic E-state index is 0.223.